The van der Waals surface area contributed by atoms with Crippen molar-refractivity contribution in [3.8, 4) is 0 Å². The Balaban J connectivity index is 2.66. The van der Waals surface area contributed by atoms with Gasteiger partial charge in [-0.25, -0.2) is 4.39 Å². The van der Waals surface area contributed by atoms with Gasteiger partial charge in [0.1, 0.15) is 5.82 Å². The van der Waals surface area contributed by atoms with E-state index < -0.39 is 11.6 Å². The second-order valence-corrected chi connectivity index (χ2v) is 4.97. The van der Waals surface area contributed by atoms with Crippen LogP contribution in [0, 0.1) is 5.82 Å². The van der Waals surface area contributed by atoms with Crippen LogP contribution < -0.4 is 11.1 Å². The van der Waals surface area contributed by atoms with Gasteiger partial charge in [0.2, 0.25) is 5.91 Å². The third-order valence-corrected chi connectivity index (χ3v) is 2.43. The fourth-order valence-corrected chi connectivity index (χ4v) is 1.60. The second-order valence-electron chi connectivity index (χ2n) is 4.97. The Morgan fingerprint density at radius 3 is 2.41 bits per heavy atom. The molecular formula is C13H19FN2O. The van der Waals surface area contributed by atoms with Gasteiger partial charge in [-0.3, -0.25) is 4.79 Å². The van der Waals surface area contributed by atoms with Crippen LogP contribution in [0.2, 0.25) is 0 Å². The van der Waals surface area contributed by atoms with Crippen molar-refractivity contribution in [3.05, 3.63) is 35.6 Å². The Labute approximate surface area is 101 Å². The number of amides is 1. The van der Waals surface area contributed by atoms with Crippen molar-refractivity contribution < 1.29 is 9.18 Å². The number of halogens is 1. The molecule has 0 aliphatic rings. The largest absolute Gasteiger partial charge is 0.350 e. The number of nitrogens with two attached hydrogens (primary N) is 1. The molecule has 0 bridgehead atoms. The lowest BCUT2D eigenvalue weighted by molar-refractivity contribution is -0.123. The van der Waals surface area contributed by atoms with E-state index in [0.29, 0.717) is 6.42 Å². The summed E-state index contributed by atoms with van der Waals surface area (Å²) in [6.07, 6.45) is 0.631. The zero-order valence-electron chi connectivity index (χ0n) is 10.5. The molecule has 1 rings (SSSR count). The lowest BCUT2D eigenvalue weighted by Gasteiger charge is -2.27. The van der Waals surface area contributed by atoms with Gasteiger partial charge in [-0.2, -0.15) is 0 Å². The summed E-state index contributed by atoms with van der Waals surface area (Å²) < 4.78 is 12.7. The minimum atomic E-state index is -0.525. The molecule has 0 saturated heterocycles. The molecule has 0 heterocycles. The molecule has 0 spiro atoms. The maximum atomic E-state index is 12.7. The summed E-state index contributed by atoms with van der Waals surface area (Å²) in [5.74, 6) is -0.441. The molecule has 0 aromatic heterocycles. The van der Waals surface area contributed by atoms with Crippen molar-refractivity contribution in [1.29, 1.82) is 0 Å². The molecule has 1 amide bonds. The first-order valence-electron chi connectivity index (χ1n) is 5.62. The number of hydrogen-bond donors (Lipinski definition) is 2. The van der Waals surface area contributed by atoms with Crippen molar-refractivity contribution in [3.63, 3.8) is 0 Å². The molecule has 4 heteroatoms. The Hall–Kier alpha value is -1.42. The van der Waals surface area contributed by atoms with Crippen LogP contribution in [0.5, 0.6) is 0 Å². The molecule has 0 fully saturated rings. The zero-order chi connectivity index (χ0) is 13.1. The van der Waals surface area contributed by atoms with Crippen molar-refractivity contribution in [1.82, 2.24) is 5.32 Å². The van der Waals surface area contributed by atoms with Gasteiger partial charge in [0.15, 0.2) is 0 Å². The topological polar surface area (TPSA) is 55.1 Å². The zero-order valence-corrected chi connectivity index (χ0v) is 10.5. The Morgan fingerprint density at radius 2 is 1.94 bits per heavy atom. The summed E-state index contributed by atoms with van der Waals surface area (Å²) in [7, 11) is 0. The quantitative estimate of drug-likeness (QED) is 0.837. The molecule has 1 atom stereocenters. The van der Waals surface area contributed by atoms with Crippen LogP contribution in [0.15, 0.2) is 24.3 Å². The van der Waals surface area contributed by atoms with E-state index in [2.05, 4.69) is 5.32 Å². The van der Waals surface area contributed by atoms with Crippen molar-refractivity contribution in [2.45, 2.75) is 38.8 Å². The van der Waals surface area contributed by atoms with Crippen LogP contribution in [-0.4, -0.2) is 17.5 Å². The van der Waals surface area contributed by atoms with E-state index in [4.69, 9.17) is 5.73 Å². The number of carbonyl (C=O) groups is 1. The average Bonchev–Trinajstić information content (AvgIpc) is 2.20. The highest BCUT2D eigenvalue weighted by molar-refractivity contribution is 5.81. The highest BCUT2D eigenvalue weighted by Gasteiger charge is 2.22. The Kier molecular flexibility index (Phi) is 4.23. The fraction of sp³-hybridized carbons (Fsp3) is 0.462. The van der Waals surface area contributed by atoms with Gasteiger partial charge in [-0.05, 0) is 44.9 Å². The molecule has 0 radical (unpaired) electrons. The van der Waals surface area contributed by atoms with Crippen LogP contribution in [0.3, 0.4) is 0 Å². The van der Waals surface area contributed by atoms with E-state index >= 15 is 0 Å². The smallest absolute Gasteiger partial charge is 0.237 e. The van der Waals surface area contributed by atoms with Crippen LogP contribution in [0.1, 0.15) is 26.3 Å². The number of rotatable bonds is 4. The Bertz CT molecular complexity index is 385. The monoisotopic (exact) mass is 238 g/mol. The van der Waals surface area contributed by atoms with Gasteiger partial charge >= 0.3 is 0 Å². The summed E-state index contributed by atoms with van der Waals surface area (Å²) in [6, 6.07) is 5.74. The lowest BCUT2D eigenvalue weighted by Crippen LogP contribution is -2.50. The summed E-state index contributed by atoms with van der Waals surface area (Å²) in [5.41, 5.74) is 6.07. The molecule has 0 aliphatic carbocycles. The number of nitrogens with one attached hydrogen (secondary N) is 1. The minimum Gasteiger partial charge on any atom is -0.350 e. The van der Waals surface area contributed by atoms with Gasteiger partial charge < -0.3 is 11.1 Å². The summed E-state index contributed by atoms with van der Waals surface area (Å²) in [4.78, 5) is 11.5. The third kappa shape index (κ3) is 4.53. The molecule has 17 heavy (non-hydrogen) atoms. The van der Waals surface area contributed by atoms with E-state index in [1.165, 1.54) is 12.1 Å². The van der Waals surface area contributed by atoms with Crippen molar-refractivity contribution in [2.24, 2.45) is 5.73 Å². The molecule has 1 unspecified atom stereocenters. The molecular weight excluding hydrogens is 219 g/mol. The summed E-state index contributed by atoms with van der Waals surface area (Å²) in [6.45, 7) is 5.47. The highest BCUT2D eigenvalue weighted by Crippen LogP contribution is 2.13. The van der Waals surface area contributed by atoms with Crippen molar-refractivity contribution in [2.75, 3.05) is 0 Å². The first-order chi connectivity index (χ1) is 7.80. The third-order valence-electron chi connectivity index (χ3n) is 2.43. The van der Waals surface area contributed by atoms with E-state index in [9.17, 15) is 9.18 Å². The van der Waals surface area contributed by atoms with Gasteiger partial charge in [-0.15, -0.1) is 0 Å². The van der Waals surface area contributed by atoms with E-state index in [1.807, 2.05) is 13.8 Å². The molecule has 3 nitrogen and oxygen atoms in total. The van der Waals surface area contributed by atoms with Crippen LogP contribution in [0.25, 0.3) is 0 Å². The minimum absolute atomic E-state index is 0.183. The normalized spacial score (nSPS) is 13.2. The van der Waals surface area contributed by atoms with E-state index in [0.717, 1.165) is 5.56 Å². The Morgan fingerprint density at radius 1 is 1.41 bits per heavy atom. The van der Waals surface area contributed by atoms with Gasteiger partial charge in [0, 0.05) is 5.54 Å². The number of carbonyl (C=O) groups excluding carboxylic acids is 1. The first-order valence-corrected chi connectivity index (χ1v) is 5.62. The lowest BCUT2D eigenvalue weighted by atomic mass is 9.94. The van der Waals surface area contributed by atoms with Crippen molar-refractivity contribution >= 4 is 5.91 Å². The highest BCUT2D eigenvalue weighted by atomic mass is 19.1. The number of hydrogen-bond acceptors (Lipinski definition) is 2. The maximum Gasteiger partial charge on any atom is 0.237 e. The molecule has 0 saturated carbocycles. The standard InChI is InChI=1S/C13H19FN2O/c1-9(15)12(17)16-13(2,3)8-10-4-6-11(14)7-5-10/h4-7,9H,8,15H2,1-3H3,(H,16,17). The van der Waals surface area contributed by atoms with Crippen LogP contribution in [-0.2, 0) is 11.2 Å². The van der Waals surface area contributed by atoms with Gasteiger partial charge in [0.25, 0.3) is 0 Å². The SMILES string of the molecule is CC(N)C(=O)NC(C)(C)Cc1ccc(F)cc1. The predicted molar refractivity (Wildman–Crippen MR) is 66.0 cm³/mol. The predicted octanol–water partition coefficient (Wildman–Crippen LogP) is 1.61. The van der Waals surface area contributed by atoms with Crippen LogP contribution in [0.4, 0.5) is 4.39 Å². The number of benzene rings is 1. The molecule has 1 aromatic rings. The summed E-state index contributed by atoms with van der Waals surface area (Å²) >= 11 is 0. The second kappa shape index (κ2) is 5.27. The molecule has 3 N–H and O–H groups in total. The summed E-state index contributed by atoms with van der Waals surface area (Å²) in [5, 5.41) is 2.86. The molecule has 1 aromatic carbocycles. The van der Waals surface area contributed by atoms with Gasteiger partial charge in [-0.1, -0.05) is 12.1 Å². The van der Waals surface area contributed by atoms with E-state index in [-0.39, 0.29) is 11.7 Å². The maximum absolute atomic E-state index is 12.7. The van der Waals surface area contributed by atoms with E-state index in [1.54, 1.807) is 19.1 Å². The molecule has 0 aliphatic heterocycles. The fourth-order valence-electron chi connectivity index (χ4n) is 1.60. The van der Waals surface area contributed by atoms with Crippen LogP contribution >= 0.6 is 0 Å². The average molecular weight is 238 g/mol. The molecule has 94 valence electrons. The van der Waals surface area contributed by atoms with Gasteiger partial charge in [0.05, 0.1) is 6.04 Å². The first kappa shape index (κ1) is 13.6.